The van der Waals surface area contributed by atoms with Gasteiger partial charge in [-0.15, -0.1) is 0 Å². The van der Waals surface area contributed by atoms with Crippen LogP contribution in [0.2, 0.25) is 0 Å². The first kappa shape index (κ1) is 17.0. The zero-order valence-electron chi connectivity index (χ0n) is 14.0. The third-order valence-electron chi connectivity index (χ3n) is 4.16. The van der Waals surface area contributed by atoms with Crippen molar-refractivity contribution in [2.75, 3.05) is 28.6 Å². The number of nitrogens with one attached hydrogen (secondary N) is 2. The van der Waals surface area contributed by atoms with Crippen LogP contribution in [0.1, 0.15) is 18.4 Å². The Hall–Kier alpha value is -2.89. The smallest absolute Gasteiger partial charge is 0.243 e. The monoisotopic (exact) mass is 341 g/mol. The molecule has 0 saturated carbocycles. The predicted molar refractivity (Wildman–Crippen MR) is 96.3 cm³/mol. The second-order valence-corrected chi connectivity index (χ2v) is 6.03. The molecular formula is C19H20FN3O2. The average molecular weight is 341 g/mol. The third kappa shape index (κ3) is 3.96. The van der Waals surface area contributed by atoms with Gasteiger partial charge >= 0.3 is 0 Å². The highest BCUT2D eigenvalue weighted by molar-refractivity contribution is 5.99. The van der Waals surface area contributed by atoms with Gasteiger partial charge in [0.2, 0.25) is 11.8 Å². The number of para-hydroxylation sites is 2. The van der Waals surface area contributed by atoms with Crippen molar-refractivity contribution < 1.29 is 14.0 Å². The minimum Gasteiger partial charge on any atom is -0.374 e. The van der Waals surface area contributed by atoms with E-state index < -0.39 is 0 Å². The van der Waals surface area contributed by atoms with Crippen molar-refractivity contribution in [3.8, 4) is 0 Å². The fraction of sp³-hybridized carbons (Fsp3) is 0.263. The normalized spacial score (nSPS) is 13.8. The Morgan fingerprint density at radius 2 is 2.04 bits per heavy atom. The van der Waals surface area contributed by atoms with E-state index in [0.717, 1.165) is 17.8 Å². The molecule has 0 unspecified atom stereocenters. The maximum atomic E-state index is 13.5. The molecule has 1 heterocycles. The third-order valence-corrected chi connectivity index (χ3v) is 4.16. The van der Waals surface area contributed by atoms with E-state index in [1.54, 1.807) is 24.0 Å². The van der Waals surface area contributed by atoms with Gasteiger partial charge in [0.1, 0.15) is 5.82 Å². The first-order chi connectivity index (χ1) is 12.0. The molecule has 1 fully saturated rings. The van der Waals surface area contributed by atoms with Crippen molar-refractivity contribution in [2.24, 2.45) is 0 Å². The highest BCUT2D eigenvalue weighted by Gasteiger charge is 2.23. The summed E-state index contributed by atoms with van der Waals surface area (Å²) in [4.78, 5) is 25.8. The summed E-state index contributed by atoms with van der Waals surface area (Å²) in [5, 5.41) is 5.71. The van der Waals surface area contributed by atoms with E-state index in [9.17, 15) is 14.0 Å². The molecule has 2 amide bonds. The van der Waals surface area contributed by atoms with Crippen LogP contribution >= 0.6 is 0 Å². The van der Waals surface area contributed by atoms with Crippen molar-refractivity contribution in [1.29, 1.82) is 0 Å². The largest absolute Gasteiger partial charge is 0.374 e. The highest BCUT2D eigenvalue weighted by atomic mass is 19.1. The molecule has 1 aliphatic heterocycles. The standard InChI is InChI=1S/C19H20FN3O2/c1-13-8-9-14(11-15(13)20)22-18(24)12-21-16-5-2-3-6-17(16)23-10-4-7-19(23)25/h2-3,5-6,8-9,11,21H,4,7,10,12H2,1H3,(H,22,24). The summed E-state index contributed by atoms with van der Waals surface area (Å²) in [5.41, 5.74) is 2.44. The molecular weight excluding hydrogens is 321 g/mol. The van der Waals surface area contributed by atoms with E-state index in [1.807, 2.05) is 24.3 Å². The number of nitrogens with zero attached hydrogens (tertiary/aromatic N) is 1. The minimum atomic E-state index is -0.358. The zero-order valence-corrected chi connectivity index (χ0v) is 14.0. The fourth-order valence-corrected chi connectivity index (χ4v) is 2.81. The Labute approximate surface area is 145 Å². The van der Waals surface area contributed by atoms with E-state index in [-0.39, 0.29) is 24.2 Å². The lowest BCUT2D eigenvalue weighted by atomic mass is 10.2. The molecule has 0 atom stereocenters. The topological polar surface area (TPSA) is 61.4 Å². The molecule has 0 aliphatic carbocycles. The lowest BCUT2D eigenvalue weighted by molar-refractivity contribution is -0.117. The van der Waals surface area contributed by atoms with Crippen molar-refractivity contribution in [3.63, 3.8) is 0 Å². The Bertz CT molecular complexity index is 807. The van der Waals surface area contributed by atoms with Gasteiger partial charge in [-0.05, 0) is 43.2 Å². The Morgan fingerprint density at radius 1 is 1.24 bits per heavy atom. The molecule has 0 radical (unpaired) electrons. The zero-order chi connectivity index (χ0) is 17.8. The molecule has 0 aromatic heterocycles. The van der Waals surface area contributed by atoms with Crippen LogP contribution in [0.4, 0.5) is 21.5 Å². The Morgan fingerprint density at radius 3 is 2.76 bits per heavy atom. The van der Waals surface area contributed by atoms with Gasteiger partial charge in [0.05, 0.1) is 17.9 Å². The minimum absolute atomic E-state index is 0.0224. The van der Waals surface area contributed by atoms with Crippen LogP contribution in [0.5, 0.6) is 0 Å². The maximum Gasteiger partial charge on any atom is 0.243 e. The lowest BCUT2D eigenvalue weighted by Crippen LogP contribution is -2.26. The van der Waals surface area contributed by atoms with Gasteiger partial charge in [-0.25, -0.2) is 4.39 Å². The molecule has 25 heavy (non-hydrogen) atoms. The van der Waals surface area contributed by atoms with Gasteiger partial charge in [-0.2, -0.15) is 0 Å². The van der Waals surface area contributed by atoms with Crippen LogP contribution < -0.4 is 15.5 Å². The molecule has 2 aromatic rings. The first-order valence-electron chi connectivity index (χ1n) is 8.24. The number of carbonyl (C=O) groups is 2. The number of rotatable bonds is 5. The van der Waals surface area contributed by atoms with E-state index in [2.05, 4.69) is 10.6 Å². The van der Waals surface area contributed by atoms with Gasteiger partial charge < -0.3 is 15.5 Å². The number of amides is 2. The molecule has 2 aromatic carbocycles. The van der Waals surface area contributed by atoms with Crippen LogP contribution in [-0.2, 0) is 9.59 Å². The maximum absolute atomic E-state index is 13.5. The van der Waals surface area contributed by atoms with Crippen molar-refractivity contribution in [2.45, 2.75) is 19.8 Å². The molecule has 0 spiro atoms. The van der Waals surface area contributed by atoms with Crippen LogP contribution in [0, 0.1) is 12.7 Å². The Kier molecular flexibility index (Phi) is 4.97. The molecule has 0 bridgehead atoms. The van der Waals surface area contributed by atoms with Gasteiger partial charge in [-0.3, -0.25) is 9.59 Å². The lowest BCUT2D eigenvalue weighted by Gasteiger charge is -2.20. The van der Waals surface area contributed by atoms with Crippen molar-refractivity contribution >= 4 is 28.9 Å². The van der Waals surface area contributed by atoms with E-state index in [0.29, 0.717) is 24.2 Å². The number of benzene rings is 2. The molecule has 6 heteroatoms. The number of carbonyl (C=O) groups excluding carboxylic acids is 2. The SMILES string of the molecule is Cc1ccc(NC(=O)CNc2ccccc2N2CCCC2=O)cc1F. The first-order valence-corrected chi connectivity index (χ1v) is 8.24. The summed E-state index contributed by atoms with van der Waals surface area (Å²) in [6.45, 7) is 2.37. The van der Waals surface area contributed by atoms with Crippen LogP contribution in [-0.4, -0.2) is 24.9 Å². The second kappa shape index (κ2) is 7.34. The summed E-state index contributed by atoms with van der Waals surface area (Å²) in [5.74, 6) is -0.553. The van der Waals surface area contributed by atoms with E-state index in [1.165, 1.54) is 6.07 Å². The number of halogens is 1. The van der Waals surface area contributed by atoms with Gasteiger partial charge in [0.15, 0.2) is 0 Å². The van der Waals surface area contributed by atoms with E-state index in [4.69, 9.17) is 0 Å². The van der Waals surface area contributed by atoms with Gasteiger partial charge in [0, 0.05) is 18.7 Å². The molecule has 130 valence electrons. The van der Waals surface area contributed by atoms with Crippen molar-refractivity contribution in [1.82, 2.24) is 0 Å². The molecule has 1 aliphatic rings. The number of hydrogen-bond donors (Lipinski definition) is 2. The summed E-state index contributed by atoms with van der Waals surface area (Å²) in [7, 11) is 0. The van der Waals surface area contributed by atoms with Crippen LogP contribution in [0.25, 0.3) is 0 Å². The average Bonchev–Trinajstić information content (AvgIpc) is 3.02. The molecule has 5 nitrogen and oxygen atoms in total. The highest BCUT2D eigenvalue weighted by Crippen LogP contribution is 2.29. The summed E-state index contributed by atoms with van der Waals surface area (Å²) >= 11 is 0. The van der Waals surface area contributed by atoms with Crippen LogP contribution in [0.15, 0.2) is 42.5 Å². The fourth-order valence-electron chi connectivity index (χ4n) is 2.81. The van der Waals surface area contributed by atoms with Gasteiger partial charge in [-0.1, -0.05) is 18.2 Å². The second-order valence-electron chi connectivity index (χ2n) is 6.03. The Balaban J connectivity index is 1.64. The quantitative estimate of drug-likeness (QED) is 0.877. The predicted octanol–water partition coefficient (Wildman–Crippen LogP) is 3.31. The molecule has 1 saturated heterocycles. The molecule has 2 N–H and O–H groups in total. The number of anilines is 3. The molecule has 3 rings (SSSR count). The van der Waals surface area contributed by atoms with E-state index >= 15 is 0 Å². The number of hydrogen-bond acceptors (Lipinski definition) is 3. The summed E-state index contributed by atoms with van der Waals surface area (Å²) in [6, 6.07) is 12.0. The van der Waals surface area contributed by atoms with Crippen LogP contribution in [0.3, 0.4) is 0 Å². The van der Waals surface area contributed by atoms with Gasteiger partial charge in [0.25, 0.3) is 0 Å². The summed E-state index contributed by atoms with van der Waals surface area (Å²) < 4.78 is 13.5. The number of aryl methyl sites for hydroxylation is 1. The van der Waals surface area contributed by atoms with Crippen molar-refractivity contribution in [3.05, 3.63) is 53.8 Å². The summed E-state index contributed by atoms with van der Waals surface area (Å²) in [6.07, 6.45) is 1.39.